The van der Waals surface area contributed by atoms with Gasteiger partial charge in [0, 0.05) is 24.1 Å². The number of carbonyl (C=O) groups excluding carboxylic acids is 1. The zero-order valence-corrected chi connectivity index (χ0v) is 13.8. The van der Waals surface area contributed by atoms with E-state index < -0.39 is 21.2 Å². The number of para-hydroxylation sites is 1. The summed E-state index contributed by atoms with van der Waals surface area (Å²) >= 11 is 0. The number of hydrogen-bond donors (Lipinski definition) is 1. The number of aryl methyl sites for hydroxylation is 1. The second-order valence-electron chi connectivity index (χ2n) is 6.86. The Morgan fingerprint density at radius 2 is 2.00 bits per heavy atom. The molecule has 2 bridgehead atoms. The Labute approximate surface area is 135 Å². The number of nitrogens with zero attached hydrogens (tertiary/aromatic N) is 1. The van der Waals surface area contributed by atoms with Crippen molar-refractivity contribution in [1.82, 2.24) is 9.29 Å². The van der Waals surface area contributed by atoms with Crippen molar-refractivity contribution in [2.75, 3.05) is 0 Å². The Morgan fingerprint density at radius 1 is 1.22 bits per heavy atom. The van der Waals surface area contributed by atoms with Crippen LogP contribution in [0.15, 0.2) is 30.5 Å². The van der Waals surface area contributed by atoms with E-state index >= 15 is 0 Å². The molecular weight excluding hydrogens is 312 g/mol. The summed E-state index contributed by atoms with van der Waals surface area (Å²) in [7, 11) is -1.76. The van der Waals surface area contributed by atoms with Crippen LogP contribution in [0.25, 0.3) is 10.9 Å². The molecule has 2 aliphatic rings. The lowest BCUT2D eigenvalue weighted by atomic mass is 10.0. The van der Waals surface area contributed by atoms with Crippen molar-refractivity contribution in [3.63, 3.8) is 0 Å². The van der Waals surface area contributed by atoms with Crippen molar-refractivity contribution < 1.29 is 13.2 Å². The molecule has 1 amide bonds. The zero-order chi connectivity index (χ0) is 16.2. The molecule has 1 aromatic carbocycles. The number of rotatable bonds is 3. The van der Waals surface area contributed by atoms with Crippen LogP contribution in [-0.4, -0.2) is 24.1 Å². The molecule has 6 heteroatoms. The van der Waals surface area contributed by atoms with E-state index in [9.17, 15) is 13.2 Å². The van der Waals surface area contributed by atoms with Crippen LogP contribution >= 0.6 is 0 Å². The van der Waals surface area contributed by atoms with E-state index in [4.69, 9.17) is 0 Å². The van der Waals surface area contributed by atoms with Gasteiger partial charge in [-0.25, -0.2) is 13.1 Å². The van der Waals surface area contributed by atoms with Crippen molar-refractivity contribution in [2.24, 2.45) is 18.9 Å². The summed E-state index contributed by atoms with van der Waals surface area (Å²) in [4.78, 5) is 12.5. The minimum Gasteiger partial charge on any atom is -0.350 e. The Bertz CT molecular complexity index is 884. The van der Waals surface area contributed by atoms with E-state index in [2.05, 4.69) is 4.72 Å². The van der Waals surface area contributed by atoms with Gasteiger partial charge in [-0.15, -0.1) is 0 Å². The van der Waals surface area contributed by atoms with Crippen molar-refractivity contribution in [1.29, 1.82) is 0 Å². The van der Waals surface area contributed by atoms with Gasteiger partial charge in [-0.3, -0.25) is 4.79 Å². The molecular formula is C17H20N2O3S. The molecule has 4 rings (SSSR count). The fourth-order valence-corrected chi connectivity index (χ4v) is 6.15. The molecule has 1 unspecified atom stereocenters. The van der Waals surface area contributed by atoms with Crippen LogP contribution in [0.3, 0.4) is 0 Å². The second-order valence-corrected chi connectivity index (χ2v) is 8.76. The quantitative estimate of drug-likeness (QED) is 0.938. The summed E-state index contributed by atoms with van der Waals surface area (Å²) in [6, 6.07) is 7.50. The highest BCUT2D eigenvalue weighted by atomic mass is 32.2. The molecule has 0 saturated heterocycles. The van der Waals surface area contributed by atoms with E-state index in [0.717, 1.165) is 30.2 Å². The first kappa shape index (κ1) is 14.8. The van der Waals surface area contributed by atoms with Crippen molar-refractivity contribution in [2.45, 2.75) is 30.9 Å². The summed E-state index contributed by atoms with van der Waals surface area (Å²) in [5.74, 6) is 0.219. The van der Waals surface area contributed by atoms with Crippen LogP contribution in [0.4, 0.5) is 0 Å². The first-order chi connectivity index (χ1) is 11.0. The molecule has 2 aromatic rings. The molecule has 1 N–H and O–H groups in total. The van der Waals surface area contributed by atoms with Crippen molar-refractivity contribution in [3.05, 3.63) is 36.0 Å². The minimum atomic E-state index is -3.61. The number of nitrogens with one attached hydrogen (secondary N) is 1. The van der Waals surface area contributed by atoms with Gasteiger partial charge >= 0.3 is 0 Å². The minimum absolute atomic E-state index is 0.220. The number of aromatic nitrogens is 1. The van der Waals surface area contributed by atoms with Gasteiger partial charge in [0.15, 0.2) is 0 Å². The van der Waals surface area contributed by atoms with Gasteiger partial charge < -0.3 is 4.57 Å². The smallest absolute Gasteiger partial charge is 0.266 e. The molecule has 3 atom stereocenters. The van der Waals surface area contributed by atoms with Gasteiger partial charge in [0.25, 0.3) is 5.91 Å². The lowest BCUT2D eigenvalue weighted by Crippen LogP contribution is -2.40. The van der Waals surface area contributed by atoms with Crippen molar-refractivity contribution in [3.8, 4) is 0 Å². The average molecular weight is 332 g/mol. The van der Waals surface area contributed by atoms with E-state index in [-0.39, 0.29) is 5.92 Å². The van der Waals surface area contributed by atoms with Crippen LogP contribution in [0.2, 0.25) is 0 Å². The molecule has 0 aliphatic heterocycles. The predicted octanol–water partition coefficient (Wildman–Crippen LogP) is 2.43. The summed E-state index contributed by atoms with van der Waals surface area (Å²) in [6.45, 7) is 0. The van der Waals surface area contributed by atoms with Crippen LogP contribution in [0.5, 0.6) is 0 Å². The molecule has 2 fully saturated rings. The fraction of sp³-hybridized carbons (Fsp3) is 0.471. The topological polar surface area (TPSA) is 68.2 Å². The Kier molecular flexibility index (Phi) is 3.27. The highest BCUT2D eigenvalue weighted by Gasteiger charge is 2.46. The average Bonchev–Trinajstić information content (AvgIpc) is 3.22. The van der Waals surface area contributed by atoms with Crippen LogP contribution in [-0.2, 0) is 17.1 Å². The third kappa shape index (κ3) is 2.36. The van der Waals surface area contributed by atoms with Gasteiger partial charge in [0.05, 0.1) is 10.8 Å². The fourth-order valence-electron chi connectivity index (χ4n) is 4.35. The maximum absolute atomic E-state index is 12.6. The number of hydrogen-bond acceptors (Lipinski definition) is 3. The van der Waals surface area contributed by atoms with E-state index in [0.29, 0.717) is 17.9 Å². The van der Waals surface area contributed by atoms with Crippen molar-refractivity contribution >= 4 is 26.8 Å². The summed E-state index contributed by atoms with van der Waals surface area (Å²) in [5, 5.41) is 0.371. The first-order valence-corrected chi connectivity index (χ1v) is 9.60. The molecule has 23 heavy (non-hydrogen) atoms. The highest BCUT2D eigenvalue weighted by molar-refractivity contribution is 7.90. The van der Waals surface area contributed by atoms with Crippen LogP contribution < -0.4 is 4.72 Å². The van der Waals surface area contributed by atoms with Crippen LogP contribution in [0, 0.1) is 11.8 Å². The van der Waals surface area contributed by atoms with Gasteiger partial charge in [-0.1, -0.05) is 24.6 Å². The molecule has 122 valence electrons. The van der Waals surface area contributed by atoms with E-state index in [1.165, 1.54) is 0 Å². The third-order valence-corrected chi connectivity index (χ3v) is 7.29. The summed E-state index contributed by atoms with van der Waals surface area (Å²) < 4.78 is 29.4. The number of carbonyl (C=O) groups is 1. The lowest BCUT2D eigenvalue weighted by Gasteiger charge is -2.21. The monoisotopic (exact) mass is 332 g/mol. The van der Waals surface area contributed by atoms with Crippen LogP contribution in [0.1, 0.15) is 36.0 Å². The highest BCUT2D eigenvalue weighted by Crippen LogP contribution is 2.47. The Hall–Kier alpha value is -1.82. The SMILES string of the molecule is Cn1cc(C(=O)NS(=O)(=O)C2C[C@@H]3CC[C@H]2C3)c2ccccc21. The number of benzene rings is 1. The molecule has 1 heterocycles. The van der Waals surface area contributed by atoms with Gasteiger partial charge in [0.2, 0.25) is 10.0 Å². The second kappa shape index (κ2) is 5.09. The number of fused-ring (bicyclic) bond motifs is 3. The standard InChI is InChI=1S/C17H20N2O3S/c1-19-10-14(13-4-2-3-5-15(13)19)17(20)18-23(21,22)16-9-11-6-7-12(16)8-11/h2-5,10-12,16H,6-9H2,1H3,(H,18,20)/t11-,12+,16?/m1/s1. The first-order valence-electron chi connectivity index (χ1n) is 8.06. The molecule has 1 aromatic heterocycles. The molecule has 5 nitrogen and oxygen atoms in total. The molecule has 2 aliphatic carbocycles. The number of amides is 1. The van der Waals surface area contributed by atoms with Gasteiger partial charge in [-0.05, 0) is 37.2 Å². The summed E-state index contributed by atoms with van der Waals surface area (Å²) in [6.07, 6.45) is 5.49. The molecule has 0 radical (unpaired) electrons. The predicted molar refractivity (Wildman–Crippen MR) is 88.5 cm³/mol. The summed E-state index contributed by atoms with van der Waals surface area (Å²) in [5.41, 5.74) is 1.32. The lowest BCUT2D eigenvalue weighted by molar-refractivity contribution is 0.0982. The normalized spacial score (nSPS) is 26.7. The Morgan fingerprint density at radius 3 is 2.70 bits per heavy atom. The Balaban J connectivity index is 1.62. The zero-order valence-electron chi connectivity index (χ0n) is 13.0. The molecule has 2 saturated carbocycles. The molecule has 0 spiro atoms. The van der Waals surface area contributed by atoms with Gasteiger partial charge in [0.1, 0.15) is 0 Å². The maximum atomic E-state index is 12.6. The number of sulfonamides is 1. The van der Waals surface area contributed by atoms with E-state index in [1.807, 2.05) is 35.9 Å². The largest absolute Gasteiger partial charge is 0.350 e. The van der Waals surface area contributed by atoms with E-state index in [1.54, 1.807) is 6.20 Å². The third-order valence-electron chi connectivity index (χ3n) is 5.45. The maximum Gasteiger partial charge on any atom is 0.266 e. The van der Waals surface area contributed by atoms with Gasteiger partial charge in [-0.2, -0.15) is 0 Å².